The maximum absolute atomic E-state index is 14.4. The molecule has 1 amide bonds. The van der Waals surface area contributed by atoms with Crippen molar-refractivity contribution in [3.05, 3.63) is 88.2 Å². The van der Waals surface area contributed by atoms with Gasteiger partial charge in [-0.2, -0.15) is 0 Å². The monoisotopic (exact) mass is 403 g/mol. The van der Waals surface area contributed by atoms with Gasteiger partial charge in [-0.25, -0.2) is 9.18 Å². The molecule has 4 rings (SSSR count). The Labute approximate surface area is 172 Å². The zero-order chi connectivity index (χ0) is 21.6. The first-order valence-electron chi connectivity index (χ1n) is 9.27. The van der Waals surface area contributed by atoms with Gasteiger partial charge in [-0.15, -0.1) is 0 Å². The van der Waals surface area contributed by atoms with Gasteiger partial charge in [-0.1, -0.05) is 24.3 Å². The highest BCUT2D eigenvalue weighted by atomic mass is 19.1. The molecule has 0 saturated heterocycles. The highest BCUT2D eigenvalue weighted by molar-refractivity contribution is 6.38. The number of halogens is 1. The van der Waals surface area contributed by atoms with Crippen LogP contribution in [-0.2, 0) is 4.79 Å². The summed E-state index contributed by atoms with van der Waals surface area (Å²) in [5.74, 6) is -2.51. The largest absolute Gasteiger partial charge is 0.507 e. The lowest BCUT2D eigenvalue weighted by Gasteiger charge is -2.18. The fourth-order valence-corrected chi connectivity index (χ4v) is 3.73. The molecule has 2 N–H and O–H groups in total. The summed E-state index contributed by atoms with van der Waals surface area (Å²) in [7, 11) is 0. The number of rotatable bonds is 3. The first-order chi connectivity index (χ1) is 14.3. The number of anilines is 2. The average Bonchev–Trinajstić information content (AvgIpc) is 2.97. The molecule has 150 valence electrons. The number of carbonyl (C=O) groups excluding carboxylic acids is 1. The van der Waals surface area contributed by atoms with Crippen LogP contribution in [0.3, 0.4) is 0 Å². The lowest BCUT2D eigenvalue weighted by Crippen LogP contribution is -2.20. The van der Waals surface area contributed by atoms with E-state index < -0.39 is 17.5 Å². The van der Waals surface area contributed by atoms with Crippen LogP contribution < -0.4 is 4.90 Å². The number of carboxylic acid groups (broad SMARTS) is 1. The van der Waals surface area contributed by atoms with Gasteiger partial charge in [0, 0.05) is 17.2 Å². The summed E-state index contributed by atoms with van der Waals surface area (Å²) in [5.41, 5.74) is 3.53. The Hall–Kier alpha value is -3.93. The van der Waals surface area contributed by atoms with E-state index in [0.717, 1.165) is 5.56 Å². The first-order valence-corrected chi connectivity index (χ1v) is 9.27. The van der Waals surface area contributed by atoms with Crippen molar-refractivity contribution in [1.29, 1.82) is 0 Å². The van der Waals surface area contributed by atoms with Crippen molar-refractivity contribution in [2.24, 2.45) is 0 Å². The van der Waals surface area contributed by atoms with Crippen molar-refractivity contribution in [3.63, 3.8) is 0 Å². The standard InChI is InChI=1S/C24H18FNO4/c1-13-5-3-7-19(25)17(13)12-18-22-14(2)6-4-8-20(22)26(23(18)28)15-9-10-16(24(29)30)21(27)11-15/h3-12,27H,1-2H3,(H,29,30)/b18-12-. The van der Waals surface area contributed by atoms with Gasteiger partial charge in [0.2, 0.25) is 0 Å². The van der Waals surface area contributed by atoms with Gasteiger partial charge in [0.05, 0.1) is 16.9 Å². The number of carbonyl (C=O) groups is 2. The fraction of sp³-hybridized carbons (Fsp3) is 0.0833. The zero-order valence-electron chi connectivity index (χ0n) is 16.3. The van der Waals surface area contributed by atoms with Crippen molar-refractivity contribution < 1.29 is 24.2 Å². The molecule has 1 aliphatic rings. The molecule has 0 spiro atoms. The number of nitrogens with zero attached hydrogens (tertiary/aromatic N) is 1. The molecule has 0 aliphatic carbocycles. The molecule has 0 fully saturated rings. The number of amides is 1. The van der Waals surface area contributed by atoms with Crippen LogP contribution in [0.1, 0.15) is 32.6 Å². The summed E-state index contributed by atoms with van der Waals surface area (Å²) in [5, 5.41) is 19.2. The first kappa shape index (κ1) is 19.4. The SMILES string of the molecule is Cc1cccc(F)c1/C=C1\C(=O)N(c2ccc(C(=O)O)c(O)c2)c2cccc(C)c21. The molecule has 30 heavy (non-hydrogen) atoms. The molecule has 0 radical (unpaired) electrons. The molecular formula is C24H18FNO4. The molecule has 6 heteroatoms. The van der Waals surface area contributed by atoms with Crippen LogP contribution in [0.4, 0.5) is 15.8 Å². The molecule has 0 atom stereocenters. The molecule has 1 heterocycles. The molecule has 0 bridgehead atoms. The summed E-state index contributed by atoms with van der Waals surface area (Å²) >= 11 is 0. The van der Waals surface area contributed by atoms with Crippen molar-refractivity contribution in [2.75, 3.05) is 4.90 Å². The minimum absolute atomic E-state index is 0.257. The second kappa shape index (κ2) is 7.15. The summed E-state index contributed by atoms with van der Waals surface area (Å²) in [6, 6.07) is 14.1. The summed E-state index contributed by atoms with van der Waals surface area (Å²) in [6.07, 6.45) is 1.55. The van der Waals surface area contributed by atoms with Crippen LogP contribution in [0.2, 0.25) is 0 Å². The Morgan fingerprint density at radius 2 is 1.73 bits per heavy atom. The number of hydrogen-bond acceptors (Lipinski definition) is 3. The third-order valence-electron chi connectivity index (χ3n) is 5.22. The number of aryl methyl sites for hydroxylation is 2. The zero-order valence-corrected chi connectivity index (χ0v) is 16.3. The third kappa shape index (κ3) is 3.03. The molecular weight excluding hydrogens is 385 g/mol. The lowest BCUT2D eigenvalue weighted by atomic mass is 9.98. The van der Waals surface area contributed by atoms with E-state index in [1.165, 1.54) is 29.2 Å². The van der Waals surface area contributed by atoms with Gasteiger partial charge in [-0.05, 0) is 55.3 Å². The Bertz CT molecular complexity index is 1230. The van der Waals surface area contributed by atoms with E-state index in [9.17, 15) is 19.1 Å². The summed E-state index contributed by atoms with van der Waals surface area (Å²) in [4.78, 5) is 26.0. The van der Waals surface area contributed by atoms with Crippen LogP contribution in [0.25, 0.3) is 11.6 Å². The van der Waals surface area contributed by atoms with Crippen LogP contribution >= 0.6 is 0 Å². The van der Waals surface area contributed by atoms with E-state index >= 15 is 0 Å². The van der Waals surface area contributed by atoms with Gasteiger partial charge < -0.3 is 10.2 Å². The lowest BCUT2D eigenvalue weighted by molar-refractivity contribution is -0.112. The Morgan fingerprint density at radius 1 is 1.03 bits per heavy atom. The normalized spacial score (nSPS) is 14.3. The summed E-state index contributed by atoms with van der Waals surface area (Å²) < 4.78 is 14.4. The van der Waals surface area contributed by atoms with Crippen molar-refractivity contribution in [3.8, 4) is 5.75 Å². The number of carboxylic acids is 1. The highest BCUT2D eigenvalue weighted by Crippen LogP contribution is 2.45. The molecule has 0 unspecified atom stereocenters. The third-order valence-corrected chi connectivity index (χ3v) is 5.22. The molecule has 1 aliphatic heterocycles. The van der Waals surface area contributed by atoms with Crippen LogP contribution in [0, 0.1) is 19.7 Å². The van der Waals surface area contributed by atoms with Gasteiger partial charge in [0.1, 0.15) is 17.1 Å². The smallest absolute Gasteiger partial charge is 0.339 e. The van der Waals surface area contributed by atoms with E-state index in [-0.39, 0.29) is 11.5 Å². The maximum Gasteiger partial charge on any atom is 0.339 e. The summed E-state index contributed by atoms with van der Waals surface area (Å²) in [6.45, 7) is 3.64. The van der Waals surface area contributed by atoms with Crippen LogP contribution in [0.15, 0.2) is 54.6 Å². The molecule has 0 aromatic heterocycles. The van der Waals surface area contributed by atoms with Gasteiger partial charge in [-0.3, -0.25) is 9.69 Å². The fourth-order valence-electron chi connectivity index (χ4n) is 3.73. The Kier molecular flexibility index (Phi) is 4.62. The number of benzene rings is 3. The van der Waals surface area contributed by atoms with Crippen molar-refractivity contribution >= 4 is 34.9 Å². The van der Waals surface area contributed by atoms with Gasteiger partial charge in [0.25, 0.3) is 5.91 Å². The topological polar surface area (TPSA) is 77.8 Å². The second-order valence-corrected chi connectivity index (χ2v) is 7.14. The molecule has 5 nitrogen and oxygen atoms in total. The van der Waals surface area contributed by atoms with E-state index in [1.807, 2.05) is 13.0 Å². The van der Waals surface area contributed by atoms with Crippen LogP contribution in [-0.4, -0.2) is 22.1 Å². The number of aromatic hydroxyl groups is 1. The number of aromatic carboxylic acids is 1. The number of fused-ring (bicyclic) bond motifs is 1. The predicted octanol–water partition coefficient (Wildman–Crippen LogP) is 5.07. The van der Waals surface area contributed by atoms with E-state index in [0.29, 0.717) is 33.6 Å². The highest BCUT2D eigenvalue weighted by Gasteiger charge is 2.35. The average molecular weight is 403 g/mol. The predicted molar refractivity (Wildman–Crippen MR) is 112 cm³/mol. The molecule has 3 aromatic rings. The quantitative estimate of drug-likeness (QED) is 0.599. The van der Waals surface area contributed by atoms with Crippen LogP contribution in [0.5, 0.6) is 5.75 Å². The molecule has 3 aromatic carbocycles. The minimum Gasteiger partial charge on any atom is -0.507 e. The van der Waals surface area contributed by atoms with Gasteiger partial charge >= 0.3 is 5.97 Å². The van der Waals surface area contributed by atoms with Gasteiger partial charge in [0.15, 0.2) is 0 Å². The van der Waals surface area contributed by atoms with E-state index in [2.05, 4.69) is 0 Å². The Balaban J connectivity index is 1.92. The Morgan fingerprint density at radius 3 is 2.40 bits per heavy atom. The molecule has 0 saturated carbocycles. The van der Waals surface area contributed by atoms with E-state index in [1.54, 1.807) is 37.3 Å². The second-order valence-electron chi connectivity index (χ2n) is 7.14. The van der Waals surface area contributed by atoms with E-state index in [4.69, 9.17) is 5.11 Å². The minimum atomic E-state index is -1.27. The maximum atomic E-state index is 14.4. The van der Waals surface area contributed by atoms with Crippen molar-refractivity contribution in [2.45, 2.75) is 13.8 Å². The number of phenols is 1. The number of hydrogen-bond donors (Lipinski definition) is 2. The van der Waals surface area contributed by atoms with Crippen molar-refractivity contribution in [1.82, 2.24) is 0 Å².